The third kappa shape index (κ3) is 6.84. The Labute approximate surface area is 182 Å². The van der Waals surface area contributed by atoms with Crippen molar-refractivity contribution in [2.75, 3.05) is 0 Å². The number of carbonyl (C=O) groups excluding carboxylic acids is 3. The van der Waals surface area contributed by atoms with Crippen molar-refractivity contribution in [3.05, 3.63) is 71.8 Å². The van der Waals surface area contributed by atoms with Crippen LogP contribution >= 0.6 is 0 Å². The van der Waals surface area contributed by atoms with Crippen LogP contribution in [0.1, 0.15) is 43.9 Å². The average Bonchev–Trinajstić information content (AvgIpc) is 3.59. The maximum atomic E-state index is 12.9. The standard InChI is InChI=1S/C24H28N2O5/c1-16(2)20(26-24(29)30-15-17-9-5-3-6-10-17)23(28)31-21(18-11-7-4-8-12-18)22(27)25-19-13-14-19/h3-12,16,19-21H,13-15H2,1-2H3,(H,25,27)(H,26,29)/t20-,21+/m0/s1. The summed E-state index contributed by atoms with van der Waals surface area (Å²) < 4.78 is 10.8. The van der Waals surface area contributed by atoms with Crippen molar-refractivity contribution in [1.29, 1.82) is 0 Å². The van der Waals surface area contributed by atoms with E-state index >= 15 is 0 Å². The van der Waals surface area contributed by atoms with Gasteiger partial charge in [-0.1, -0.05) is 74.5 Å². The zero-order valence-corrected chi connectivity index (χ0v) is 17.7. The Morgan fingerprint density at radius 3 is 2.16 bits per heavy atom. The second-order valence-corrected chi connectivity index (χ2v) is 7.94. The molecule has 164 valence electrons. The number of nitrogens with one attached hydrogen (secondary N) is 2. The molecular formula is C24H28N2O5. The second kappa shape index (κ2) is 10.6. The lowest BCUT2D eigenvalue weighted by Gasteiger charge is -2.24. The van der Waals surface area contributed by atoms with E-state index in [1.165, 1.54) is 0 Å². The molecule has 2 aromatic carbocycles. The number of rotatable bonds is 9. The van der Waals surface area contributed by atoms with Crippen LogP contribution in [0.3, 0.4) is 0 Å². The van der Waals surface area contributed by atoms with Crippen LogP contribution in [0.4, 0.5) is 4.79 Å². The van der Waals surface area contributed by atoms with Gasteiger partial charge < -0.3 is 20.1 Å². The summed E-state index contributed by atoms with van der Waals surface area (Å²) in [5, 5.41) is 5.44. The van der Waals surface area contributed by atoms with Gasteiger partial charge in [-0.25, -0.2) is 9.59 Å². The Kier molecular flexibility index (Phi) is 7.65. The molecular weight excluding hydrogens is 396 g/mol. The van der Waals surface area contributed by atoms with Gasteiger partial charge in [0.05, 0.1) is 0 Å². The summed E-state index contributed by atoms with van der Waals surface area (Å²) in [6.07, 6.45) is 0.0331. The van der Waals surface area contributed by atoms with Crippen molar-refractivity contribution >= 4 is 18.0 Å². The summed E-state index contributed by atoms with van der Waals surface area (Å²) >= 11 is 0. The minimum atomic E-state index is -1.09. The molecule has 0 bridgehead atoms. The maximum Gasteiger partial charge on any atom is 0.408 e. The van der Waals surface area contributed by atoms with Gasteiger partial charge in [0.2, 0.25) is 6.10 Å². The predicted octanol–water partition coefficient (Wildman–Crippen LogP) is 3.50. The Morgan fingerprint density at radius 1 is 0.968 bits per heavy atom. The van der Waals surface area contributed by atoms with Crippen molar-refractivity contribution in [1.82, 2.24) is 10.6 Å². The lowest BCUT2D eigenvalue weighted by Crippen LogP contribution is -2.47. The van der Waals surface area contributed by atoms with Gasteiger partial charge in [0, 0.05) is 11.6 Å². The van der Waals surface area contributed by atoms with E-state index in [0.29, 0.717) is 5.56 Å². The number of hydrogen-bond donors (Lipinski definition) is 2. The molecule has 0 saturated heterocycles. The summed E-state index contributed by atoms with van der Waals surface area (Å²) in [5.41, 5.74) is 1.41. The number of alkyl carbamates (subject to hydrolysis) is 1. The van der Waals surface area contributed by atoms with E-state index in [0.717, 1.165) is 18.4 Å². The molecule has 0 radical (unpaired) electrons. The molecule has 1 saturated carbocycles. The SMILES string of the molecule is CC(C)[C@H](NC(=O)OCc1ccccc1)C(=O)O[C@@H](C(=O)NC1CC1)c1ccccc1. The Bertz CT molecular complexity index is 881. The van der Waals surface area contributed by atoms with Crippen molar-refractivity contribution in [3.8, 4) is 0 Å². The molecule has 1 aliphatic rings. The highest BCUT2D eigenvalue weighted by Gasteiger charge is 2.34. The van der Waals surface area contributed by atoms with Gasteiger partial charge in [0.1, 0.15) is 12.6 Å². The Hall–Kier alpha value is -3.35. The third-order valence-electron chi connectivity index (χ3n) is 4.90. The maximum absolute atomic E-state index is 12.9. The average molecular weight is 424 g/mol. The molecule has 2 atom stereocenters. The number of esters is 1. The van der Waals surface area contributed by atoms with Gasteiger partial charge in [-0.2, -0.15) is 0 Å². The molecule has 0 unspecified atom stereocenters. The Balaban J connectivity index is 1.64. The van der Waals surface area contributed by atoms with Gasteiger partial charge >= 0.3 is 12.1 Å². The zero-order valence-electron chi connectivity index (χ0n) is 17.7. The number of benzene rings is 2. The van der Waals surface area contributed by atoms with E-state index in [9.17, 15) is 14.4 Å². The molecule has 31 heavy (non-hydrogen) atoms. The number of hydrogen-bond acceptors (Lipinski definition) is 5. The zero-order chi connectivity index (χ0) is 22.2. The van der Waals surface area contributed by atoms with Crippen LogP contribution in [-0.2, 0) is 25.7 Å². The third-order valence-corrected chi connectivity index (χ3v) is 4.90. The highest BCUT2D eigenvalue weighted by atomic mass is 16.6. The number of carbonyl (C=O) groups is 3. The van der Waals surface area contributed by atoms with Crippen LogP contribution in [0.25, 0.3) is 0 Å². The largest absolute Gasteiger partial charge is 0.446 e. The molecule has 1 fully saturated rings. The van der Waals surface area contributed by atoms with Crippen molar-refractivity contribution < 1.29 is 23.9 Å². The highest BCUT2D eigenvalue weighted by molar-refractivity contribution is 5.88. The first kappa shape index (κ1) is 22.3. The minimum Gasteiger partial charge on any atom is -0.446 e. The lowest BCUT2D eigenvalue weighted by molar-refractivity contribution is -0.159. The van der Waals surface area contributed by atoms with E-state index < -0.39 is 24.2 Å². The smallest absolute Gasteiger partial charge is 0.408 e. The first-order valence-corrected chi connectivity index (χ1v) is 10.5. The summed E-state index contributed by atoms with van der Waals surface area (Å²) in [5.74, 6) is -1.32. The van der Waals surface area contributed by atoms with E-state index in [1.807, 2.05) is 36.4 Å². The summed E-state index contributed by atoms with van der Waals surface area (Å²) in [4.78, 5) is 37.9. The van der Waals surface area contributed by atoms with Gasteiger partial charge in [-0.3, -0.25) is 4.79 Å². The Morgan fingerprint density at radius 2 is 1.58 bits per heavy atom. The van der Waals surface area contributed by atoms with Crippen molar-refractivity contribution in [2.45, 2.75) is 51.5 Å². The summed E-state index contributed by atoms with van der Waals surface area (Å²) in [7, 11) is 0. The summed E-state index contributed by atoms with van der Waals surface area (Å²) in [6.45, 7) is 3.65. The van der Waals surface area contributed by atoms with Crippen LogP contribution in [0.2, 0.25) is 0 Å². The second-order valence-electron chi connectivity index (χ2n) is 7.94. The van der Waals surface area contributed by atoms with Gasteiger partial charge in [-0.15, -0.1) is 0 Å². The fourth-order valence-corrected chi connectivity index (χ4v) is 2.98. The lowest BCUT2D eigenvalue weighted by atomic mass is 10.0. The topological polar surface area (TPSA) is 93.7 Å². The van der Waals surface area contributed by atoms with Crippen molar-refractivity contribution in [2.24, 2.45) is 5.92 Å². The number of ether oxygens (including phenoxy) is 2. The normalized spacial score (nSPS) is 14.9. The molecule has 7 nitrogen and oxygen atoms in total. The molecule has 2 N–H and O–H groups in total. The molecule has 3 rings (SSSR count). The van der Waals surface area contributed by atoms with Crippen LogP contribution in [0.15, 0.2) is 60.7 Å². The first-order valence-electron chi connectivity index (χ1n) is 10.5. The van der Waals surface area contributed by atoms with E-state index in [2.05, 4.69) is 10.6 Å². The fourth-order valence-electron chi connectivity index (χ4n) is 2.98. The predicted molar refractivity (Wildman–Crippen MR) is 115 cm³/mol. The van der Waals surface area contributed by atoms with Crippen molar-refractivity contribution in [3.63, 3.8) is 0 Å². The van der Waals surface area contributed by atoms with E-state index in [-0.39, 0.29) is 24.5 Å². The fraction of sp³-hybridized carbons (Fsp3) is 0.375. The highest BCUT2D eigenvalue weighted by Crippen LogP contribution is 2.24. The van der Waals surface area contributed by atoms with Crippen LogP contribution in [0.5, 0.6) is 0 Å². The molecule has 2 aromatic rings. The van der Waals surface area contributed by atoms with Gasteiger partial charge in [-0.05, 0) is 24.3 Å². The number of amides is 2. The van der Waals surface area contributed by atoms with E-state index in [4.69, 9.17) is 9.47 Å². The van der Waals surface area contributed by atoms with E-state index in [1.54, 1.807) is 38.1 Å². The quantitative estimate of drug-likeness (QED) is 0.601. The van der Waals surface area contributed by atoms with Gasteiger partial charge in [0.25, 0.3) is 5.91 Å². The molecule has 0 heterocycles. The molecule has 0 spiro atoms. The molecule has 1 aliphatic carbocycles. The molecule has 0 aliphatic heterocycles. The first-order chi connectivity index (χ1) is 14.9. The van der Waals surface area contributed by atoms with Crippen LogP contribution in [0, 0.1) is 5.92 Å². The van der Waals surface area contributed by atoms with Gasteiger partial charge in [0.15, 0.2) is 0 Å². The molecule has 7 heteroatoms. The monoisotopic (exact) mass is 424 g/mol. The van der Waals surface area contributed by atoms with Crippen LogP contribution in [-0.4, -0.2) is 30.1 Å². The molecule has 0 aromatic heterocycles. The summed E-state index contributed by atoms with van der Waals surface area (Å²) in [6, 6.07) is 17.3. The molecule has 2 amide bonds. The van der Waals surface area contributed by atoms with Crippen LogP contribution < -0.4 is 10.6 Å². The minimum absolute atomic E-state index is 0.0863.